The average molecular weight is 458 g/mol. The number of methoxy groups -OCH3 is 1. The topological polar surface area (TPSA) is 105 Å². The van der Waals surface area contributed by atoms with Gasteiger partial charge in [0.15, 0.2) is 11.5 Å². The van der Waals surface area contributed by atoms with E-state index in [1.165, 1.54) is 25.3 Å². The zero-order chi connectivity index (χ0) is 24.1. The highest BCUT2D eigenvalue weighted by atomic mass is 16.5. The molecule has 0 spiro atoms. The highest BCUT2D eigenvalue weighted by Crippen LogP contribution is 2.34. The number of carboxylic acid groups (broad SMARTS) is 1. The van der Waals surface area contributed by atoms with Crippen molar-refractivity contribution in [3.63, 3.8) is 0 Å². The van der Waals surface area contributed by atoms with Gasteiger partial charge in [0, 0.05) is 5.56 Å². The van der Waals surface area contributed by atoms with Crippen molar-refractivity contribution < 1.29 is 29.0 Å². The Balaban J connectivity index is 1.58. The number of imide groups is 1. The Labute approximate surface area is 196 Å². The van der Waals surface area contributed by atoms with Crippen LogP contribution >= 0.6 is 0 Å². The molecule has 1 fully saturated rings. The fraction of sp³-hybridized carbons (Fsp3) is 0.115. The Morgan fingerprint density at radius 1 is 1.00 bits per heavy atom. The van der Waals surface area contributed by atoms with Crippen LogP contribution in [0.1, 0.15) is 27.0 Å². The van der Waals surface area contributed by atoms with Crippen LogP contribution in [0.3, 0.4) is 0 Å². The molecule has 172 valence electrons. The highest BCUT2D eigenvalue weighted by Gasteiger charge is 2.33. The number of carboxylic acids is 1. The Morgan fingerprint density at radius 3 is 2.47 bits per heavy atom. The number of urea groups is 1. The Hall–Kier alpha value is -4.59. The van der Waals surface area contributed by atoms with Crippen molar-refractivity contribution in [3.8, 4) is 11.5 Å². The van der Waals surface area contributed by atoms with Gasteiger partial charge in [0.05, 0.1) is 19.2 Å². The predicted octanol–water partition coefficient (Wildman–Crippen LogP) is 4.07. The number of nitrogens with one attached hydrogen (secondary N) is 1. The van der Waals surface area contributed by atoms with Crippen molar-refractivity contribution in [2.75, 3.05) is 7.11 Å². The minimum atomic E-state index is -1.03. The number of carbonyl (C=O) groups is 3. The van der Waals surface area contributed by atoms with Crippen LogP contribution in [0.15, 0.2) is 78.5 Å². The number of amides is 3. The second-order valence-electron chi connectivity index (χ2n) is 7.54. The molecule has 0 atom stereocenters. The molecule has 0 aromatic heterocycles. The summed E-state index contributed by atoms with van der Waals surface area (Å²) in [5.74, 6) is -0.680. The van der Waals surface area contributed by atoms with E-state index >= 15 is 0 Å². The van der Waals surface area contributed by atoms with Gasteiger partial charge in [0.25, 0.3) is 5.91 Å². The van der Waals surface area contributed by atoms with Gasteiger partial charge in [-0.1, -0.05) is 54.6 Å². The zero-order valence-corrected chi connectivity index (χ0v) is 18.4. The summed E-state index contributed by atoms with van der Waals surface area (Å²) in [7, 11) is 1.49. The van der Waals surface area contributed by atoms with Crippen LogP contribution in [-0.2, 0) is 17.9 Å². The molecule has 8 nitrogen and oxygen atoms in total. The molecular weight excluding hydrogens is 436 g/mol. The van der Waals surface area contributed by atoms with E-state index in [9.17, 15) is 19.5 Å². The van der Waals surface area contributed by atoms with Gasteiger partial charge in [-0.25, -0.2) is 9.59 Å². The molecule has 3 aromatic rings. The van der Waals surface area contributed by atoms with Gasteiger partial charge in [-0.2, -0.15) is 0 Å². The molecule has 0 bridgehead atoms. The number of rotatable bonds is 8. The number of carbonyl (C=O) groups excluding carboxylic acids is 2. The lowest BCUT2D eigenvalue weighted by Gasteiger charge is -2.14. The van der Waals surface area contributed by atoms with Crippen LogP contribution in [0.4, 0.5) is 4.79 Å². The van der Waals surface area contributed by atoms with Crippen molar-refractivity contribution in [2.45, 2.75) is 13.2 Å². The molecule has 1 heterocycles. The van der Waals surface area contributed by atoms with Crippen molar-refractivity contribution >= 4 is 24.0 Å². The molecule has 4 rings (SSSR count). The number of para-hydroxylation sites is 1. The van der Waals surface area contributed by atoms with Crippen molar-refractivity contribution in [2.24, 2.45) is 0 Å². The van der Waals surface area contributed by atoms with Crippen molar-refractivity contribution in [1.29, 1.82) is 0 Å². The minimum Gasteiger partial charge on any atom is -0.493 e. The Bertz CT molecular complexity index is 1270. The maximum atomic E-state index is 12.9. The van der Waals surface area contributed by atoms with E-state index in [4.69, 9.17) is 9.47 Å². The van der Waals surface area contributed by atoms with Gasteiger partial charge >= 0.3 is 12.0 Å². The van der Waals surface area contributed by atoms with Gasteiger partial charge in [-0.05, 0) is 35.4 Å². The Morgan fingerprint density at radius 2 is 1.74 bits per heavy atom. The molecule has 1 saturated heterocycles. The number of aromatic carboxylic acids is 1. The minimum absolute atomic E-state index is 0.0815. The number of hydrogen-bond donors (Lipinski definition) is 2. The number of hydrogen-bond acceptors (Lipinski definition) is 5. The standard InChI is InChI=1S/C26H22N2O6/c1-33-22-12-6-10-19(23(22)34-16-18-9-5-11-20(13-18)25(30)31)14-21-24(29)28(26(32)27-21)15-17-7-3-2-4-8-17/h2-14H,15-16H2,1H3,(H,27,32)(H,30,31)/b21-14+. The van der Waals surface area contributed by atoms with Gasteiger partial charge in [0.2, 0.25) is 0 Å². The second-order valence-corrected chi connectivity index (χ2v) is 7.54. The van der Waals surface area contributed by atoms with E-state index in [0.717, 1.165) is 10.5 Å². The van der Waals surface area contributed by atoms with Gasteiger partial charge in [-0.3, -0.25) is 9.69 Å². The first-order valence-corrected chi connectivity index (χ1v) is 10.5. The van der Waals surface area contributed by atoms with Gasteiger partial charge in [-0.15, -0.1) is 0 Å². The lowest BCUT2D eigenvalue weighted by molar-refractivity contribution is -0.123. The summed E-state index contributed by atoms with van der Waals surface area (Å²) in [6.45, 7) is 0.238. The molecule has 2 N–H and O–H groups in total. The van der Waals surface area contributed by atoms with Crippen LogP contribution in [0.2, 0.25) is 0 Å². The Kier molecular flexibility index (Phi) is 6.59. The van der Waals surface area contributed by atoms with Crippen LogP contribution < -0.4 is 14.8 Å². The third kappa shape index (κ3) is 4.91. The summed E-state index contributed by atoms with van der Waals surface area (Å²) < 4.78 is 11.4. The fourth-order valence-corrected chi connectivity index (χ4v) is 3.55. The second kappa shape index (κ2) is 9.91. The van der Waals surface area contributed by atoms with Crippen LogP contribution in [0.5, 0.6) is 11.5 Å². The van der Waals surface area contributed by atoms with Crippen LogP contribution in [0.25, 0.3) is 6.08 Å². The molecule has 3 aromatic carbocycles. The monoisotopic (exact) mass is 458 g/mol. The van der Waals surface area contributed by atoms with E-state index in [0.29, 0.717) is 22.6 Å². The molecule has 34 heavy (non-hydrogen) atoms. The molecule has 0 radical (unpaired) electrons. The number of ether oxygens (including phenoxy) is 2. The van der Waals surface area contributed by atoms with Crippen molar-refractivity contribution in [3.05, 3.63) is 101 Å². The van der Waals surface area contributed by atoms with Crippen LogP contribution in [-0.4, -0.2) is 35.0 Å². The first-order chi connectivity index (χ1) is 16.5. The molecule has 0 saturated carbocycles. The number of nitrogens with zero attached hydrogens (tertiary/aromatic N) is 1. The van der Waals surface area contributed by atoms with Crippen LogP contribution in [0, 0.1) is 0 Å². The first kappa shape index (κ1) is 22.6. The molecule has 0 unspecified atom stereocenters. The molecule has 0 aliphatic carbocycles. The SMILES string of the molecule is COc1cccc(/C=C2/NC(=O)N(Cc3ccccc3)C2=O)c1OCc1cccc(C(=O)O)c1. The molecule has 3 amide bonds. The summed E-state index contributed by atoms with van der Waals surface area (Å²) in [5, 5.41) is 11.8. The third-order valence-corrected chi connectivity index (χ3v) is 5.23. The lowest BCUT2D eigenvalue weighted by Crippen LogP contribution is -2.30. The van der Waals surface area contributed by atoms with E-state index in [1.54, 1.807) is 30.3 Å². The summed E-state index contributed by atoms with van der Waals surface area (Å²) in [6, 6.07) is 20.3. The first-order valence-electron chi connectivity index (χ1n) is 10.5. The maximum Gasteiger partial charge on any atom is 0.335 e. The number of benzene rings is 3. The summed E-state index contributed by atoms with van der Waals surface area (Å²) in [5.41, 5.74) is 2.29. The normalized spacial score (nSPS) is 14.3. The molecular formula is C26H22N2O6. The zero-order valence-electron chi connectivity index (χ0n) is 18.4. The summed E-state index contributed by atoms with van der Waals surface area (Å²) >= 11 is 0. The van der Waals surface area contributed by atoms with Gasteiger partial charge in [0.1, 0.15) is 12.3 Å². The fourth-order valence-electron chi connectivity index (χ4n) is 3.55. The largest absolute Gasteiger partial charge is 0.493 e. The summed E-state index contributed by atoms with van der Waals surface area (Å²) in [4.78, 5) is 37.7. The smallest absolute Gasteiger partial charge is 0.335 e. The molecule has 8 heteroatoms. The predicted molar refractivity (Wildman–Crippen MR) is 124 cm³/mol. The average Bonchev–Trinajstić information content (AvgIpc) is 3.11. The van der Waals surface area contributed by atoms with E-state index < -0.39 is 17.9 Å². The van der Waals surface area contributed by atoms with E-state index in [-0.39, 0.29) is 24.4 Å². The lowest BCUT2D eigenvalue weighted by atomic mass is 10.1. The molecule has 1 aliphatic rings. The quantitative estimate of drug-likeness (QED) is 0.390. The van der Waals surface area contributed by atoms with E-state index in [1.807, 2.05) is 30.3 Å². The van der Waals surface area contributed by atoms with Gasteiger partial charge < -0.3 is 19.9 Å². The maximum absolute atomic E-state index is 12.9. The third-order valence-electron chi connectivity index (χ3n) is 5.23. The summed E-state index contributed by atoms with van der Waals surface area (Å²) in [6.07, 6.45) is 1.54. The molecule has 1 aliphatic heterocycles. The van der Waals surface area contributed by atoms with Crippen molar-refractivity contribution in [1.82, 2.24) is 10.2 Å². The highest BCUT2D eigenvalue weighted by molar-refractivity contribution is 6.14. The van der Waals surface area contributed by atoms with E-state index in [2.05, 4.69) is 5.32 Å².